The molecule has 1 N–H and O–H groups in total. The summed E-state index contributed by atoms with van der Waals surface area (Å²) in [5.41, 5.74) is 0. The molecule has 0 aromatic heterocycles. The fourth-order valence-electron chi connectivity index (χ4n) is 1.97. The lowest BCUT2D eigenvalue weighted by atomic mass is 9.99. The molecule has 0 spiro atoms. The van der Waals surface area contributed by atoms with Crippen LogP contribution in [0.25, 0.3) is 0 Å². The van der Waals surface area contributed by atoms with Crippen LogP contribution in [0.15, 0.2) is 0 Å². The standard InChI is InChI=1S/C10H20F2N2.ClH/c1-2-14(8-10(11)12)7-9-4-3-5-13-6-9;/h9-10,13H,2-8H2,1H3;1H. The summed E-state index contributed by atoms with van der Waals surface area (Å²) in [5, 5.41) is 3.30. The van der Waals surface area contributed by atoms with Crippen LogP contribution in [0.1, 0.15) is 19.8 Å². The van der Waals surface area contributed by atoms with E-state index in [2.05, 4.69) is 5.32 Å². The first kappa shape index (κ1) is 15.1. The Morgan fingerprint density at radius 3 is 2.67 bits per heavy atom. The Bertz CT molecular complexity index is 152. The molecule has 0 aromatic carbocycles. The van der Waals surface area contributed by atoms with Crippen molar-refractivity contribution < 1.29 is 8.78 Å². The first-order valence-corrected chi connectivity index (χ1v) is 5.43. The zero-order chi connectivity index (χ0) is 10.4. The van der Waals surface area contributed by atoms with Gasteiger partial charge in [-0.05, 0) is 38.4 Å². The van der Waals surface area contributed by atoms with Crippen LogP contribution in [0.5, 0.6) is 0 Å². The number of nitrogens with one attached hydrogen (secondary N) is 1. The van der Waals surface area contributed by atoms with Gasteiger partial charge in [-0.3, -0.25) is 4.90 Å². The number of hydrogen-bond donors (Lipinski definition) is 1. The second-order valence-corrected chi connectivity index (χ2v) is 3.96. The summed E-state index contributed by atoms with van der Waals surface area (Å²) in [5.74, 6) is 0.558. The molecule has 0 radical (unpaired) electrons. The lowest BCUT2D eigenvalue weighted by molar-refractivity contribution is 0.0800. The highest BCUT2D eigenvalue weighted by atomic mass is 35.5. The van der Waals surface area contributed by atoms with E-state index in [0.717, 1.165) is 26.2 Å². The van der Waals surface area contributed by atoms with E-state index in [1.807, 2.05) is 11.8 Å². The minimum absolute atomic E-state index is 0. The van der Waals surface area contributed by atoms with Crippen molar-refractivity contribution in [2.24, 2.45) is 5.92 Å². The first-order chi connectivity index (χ1) is 6.72. The fraction of sp³-hybridized carbons (Fsp3) is 1.00. The van der Waals surface area contributed by atoms with Crippen molar-refractivity contribution >= 4 is 12.4 Å². The van der Waals surface area contributed by atoms with Crippen molar-refractivity contribution in [3.05, 3.63) is 0 Å². The van der Waals surface area contributed by atoms with Gasteiger partial charge in [-0.1, -0.05) is 6.92 Å². The molecule has 1 rings (SSSR count). The molecular weight excluding hydrogens is 222 g/mol. The van der Waals surface area contributed by atoms with Gasteiger partial charge in [-0.25, -0.2) is 8.78 Å². The van der Waals surface area contributed by atoms with E-state index in [-0.39, 0.29) is 19.0 Å². The van der Waals surface area contributed by atoms with Crippen LogP contribution in [0, 0.1) is 5.92 Å². The van der Waals surface area contributed by atoms with Crippen molar-refractivity contribution in [2.75, 3.05) is 32.7 Å². The molecule has 92 valence electrons. The highest BCUT2D eigenvalue weighted by molar-refractivity contribution is 5.85. The summed E-state index contributed by atoms with van der Waals surface area (Å²) in [7, 11) is 0. The van der Waals surface area contributed by atoms with Gasteiger partial charge in [0.05, 0.1) is 6.54 Å². The first-order valence-electron chi connectivity index (χ1n) is 5.43. The molecule has 1 aliphatic rings. The van der Waals surface area contributed by atoms with E-state index in [1.165, 1.54) is 12.8 Å². The zero-order valence-corrected chi connectivity index (χ0v) is 10.0. The monoisotopic (exact) mass is 242 g/mol. The average molecular weight is 243 g/mol. The van der Waals surface area contributed by atoms with Gasteiger partial charge in [0.15, 0.2) is 0 Å². The molecule has 15 heavy (non-hydrogen) atoms. The van der Waals surface area contributed by atoms with E-state index < -0.39 is 6.43 Å². The third-order valence-electron chi connectivity index (χ3n) is 2.76. The van der Waals surface area contributed by atoms with Crippen LogP contribution >= 0.6 is 12.4 Å². The van der Waals surface area contributed by atoms with E-state index in [9.17, 15) is 8.78 Å². The van der Waals surface area contributed by atoms with E-state index in [4.69, 9.17) is 0 Å². The van der Waals surface area contributed by atoms with Crippen molar-refractivity contribution in [3.63, 3.8) is 0 Å². The van der Waals surface area contributed by atoms with Crippen LogP contribution in [0.3, 0.4) is 0 Å². The quantitative estimate of drug-likeness (QED) is 0.793. The maximum Gasteiger partial charge on any atom is 0.251 e. The molecule has 1 atom stereocenters. The number of hydrogen-bond acceptors (Lipinski definition) is 2. The van der Waals surface area contributed by atoms with Crippen molar-refractivity contribution in [1.82, 2.24) is 10.2 Å². The normalized spacial score (nSPS) is 21.8. The SMILES string of the molecule is CCN(CC(F)F)CC1CCCNC1.Cl. The zero-order valence-electron chi connectivity index (χ0n) is 9.22. The molecule has 0 bridgehead atoms. The number of nitrogens with zero attached hydrogens (tertiary/aromatic N) is 1. The summed E-state index contributed by atoms with van der Waals surface area (Å²) in [4.78, 5) is 1.85. The number of piperidine rings is 1. The van der Waals surface area contributed by atoms with Crippen molar-refractivity contribution in [3.8, 4) is 0 Å². The van der Waals surface area contributed by atoms with Gasteiger partial charge in [0, 0.05) is 6.54 Å². The predicted molar refractivity (Wildman–Crippen MR) is 61.0 cm³/mol. The maximum absolute atomic E-state index is 12.2. The fourth-order valence-corrected chi connectivity index (χ4v) is 1.97. The molecular formula is C10H21ClF2N2. The Balaban J connectivity index is 0.00000196. The summed E-state index contributed by atoms with van der Waals surface area (Å²) in [6.07, 6.45) is 0.149. The molecule has 0 amide bonds. The van der Waals surface area contributed by atoms with Crippen LogP contribution < -0.4 is 5.32 Å². The van der Waals surface area contributed by atoms with Gasteiger partial charge < -0.3 is 5.32 Å². The van der Waals surface area contributed by atoms with Crippen LogP contribution in [0.2, 0.25) is 0 Å². The second kappa shape index (κ2) is 8.25. The lowest BCUT2D eigenvalue weighted by Crippen LogP contribution is -2.39. The van der Waals surface area contributed by atoms with E-state index in [0.29, 0.717) is 5.92 Å². The molecule has 0 aliphatic carbocycles. The third-order valence-corrected chi connectivity index (χ3v) is 2.76. The topological polar surface area (TPSA) is 15.3 Å². The number of halogens is 3. The highest BCUT2D eigenvalue weighted by Crippen LogP contribution is 2.12. The Hall–Kier alpha value is 0.0700. The molecule has 5 heteroatoms. The molecule has 0 saturated carbocycles. The lowest BCUT2D eigenvalue weighted by Gasteiger charge is -2.29. The highest BCUT2D eigenvalue weighted by Gasteiger charge is 2.18. The Labute approximate surface area is 96.8 Å². The van der Waals surface area contributed by atoms with Gasteiger partial charge in [0.2, 0.25) is 0 Å². The van der Waals surface area contributed by atoms with Crippen LogP contribution in [-0.2, 0) is 0 Å². The molecule has 1 unspecified atom stereocenters. The van der Waals surface area contributed by atoms with E-state index in [1.54, 1.807) is 0 Å². The van der Waals surface area contributed by atoms with Crippen molar-refractivity contribution in [1.29, 1.82) is 0 Å². The Morgan fingerprint density at radius 1 is 1.47 bits per heavy atom. The van der Waals surface area contributed by atoms with Crippen LogP contribution in [0.4, 0.5) is 8.78 Å². The number of rotatable bonds is 5. The summed E-state index contributed by atoms with van der Waals surface area (Å²) in [6.45, 7) is 5.47. The smallest absolute Gasteiger partial charge is 0.251 e. The predicted octanol–water partition coefficient (Wildman–Crippen LogP) is 1.99. The van der Waals surface area contributed by atoms with Crippen molar-refractivity contribution in [2.45, 2.75) is 26.2 Å². The van der Waals surface area contributed by atoms with Gasteiger partial charge >= 0.3 is 0 Å². The van der Waals surface area contributed by atoms with Gasteiger partial charge in [0.25, 0.3) is 6.43 Å². The van der Waals surface area contributed by atoms with Gasteiger partial charge in [0.1, 0.15) is 0 Å². The summed E-state index contributed by atoms with van der Waals surface area (Å²) in [6, 6.07) is 0. The van der Waals surface area contributed by atoms with Gasteiger partial charge in [-0.2, -0.15) is 0 Å². The maximum atomic E-state index is 12.2. The van der Waals surface area contributed by atoms with Gasteiger partial charge in [-0.15, -0.1) is 12.4 Å². The molecule has 1 fully saturated rings. The summed E-state index contributed by atoms with van der Waals surface area (Å²) >= 11 is 0. The van der Waals surface area contributed by atoms with Crippen LogP contribution in [-0.4, -0.2) is 44.0 Å². The third kappa shape index (κ3) is 6.28. The minimum atomic E-state index is -2.20. The molecule has 1 heterocycles. The van der Waals surface area contributed by atoms with E-state index >= 15 is 0 Å². The Kier molecular flexibility index (Phi) is 8.29. The molecule has 2 nitrogen and oxygen atoms in total. The average Bonchev–Trinajstić information content (AvgIpc) is 2.17. The number of alkyl halides is 2. The summed E-state index contributed by atoms with van der Waals surface area (Å²) < 4.78 is 24.3. The largest absolute Gasteiger partial charge is 0.316 e. The Morgan fingerprint density at radius 2 is 2.20 bits per heavy atom. The molecule has 1 saturated heterocycles. The molecule has 0 aromatic rings. The minimum Gasteiger partial charge on any atom is -0.316 e. The second-order valence-electron chi connectivity index (χ2n) is 3.96. The molecule has 1 aliphatic heterocycles.